The number of carbonyl (C=O) groups is 3. The number of methoxy groups -OCH3 is 2. The summed E-state index contributed by atoms with van der Waals surface area (Å²) in [6, 6.07) is 15.1. The molecule has 9 heteroatoms. The Labute approximate surface area is 212 Å². The number of aliphatic hydroxyl groups excluding tert-OH is 1. The minimum Gasteiger partial charge on any atom is -0.507 e. The number of halogens is 1. The number of rotatable bonds is 7. The third kappa shape index (κ3) is 4.75. The number of esters is 1. The molecule has 1 N–H and O–H groups in total. The van der Waals surface area contributed by atoms with Gasteiger partial charge in [0, 0.05) is 5.69 Å². The second kappa shape index (κ2) is 10.5. The van der Waals surface area contributed by atoms with E-state index in [1.54, 1.807) is 43.3 Å². The van der Waals surface area contributed by atoms with Crippen LogP contribution in [0.25, 0.3) is 5.76 Å². The molecule has 1 unspecified atom stereocenters. The Balaban J connectivity index is 1.97. The van der Waals surface area contributed by atoms with Gasteiger partial charge in [-0.1, -0.05) is 18.2 Å². The Hall–Kier alpha value is -4.66. The number of Topliss-reactive ketones (excluding diaryl/α,β-unsaturated/α-hetero) is 1. The van der Waals surface area contributed by atoms with Crippen LogP contribution in [0, 0.1) is 5.82 Å². The fourth-order valence-electron chi connectivity index (χ4n) is 4.23. The first kappa shape index (κ1) is 25.4. The summed E-state index contributed by atoms with van der Waals surface area (Å²) < 4.78 is 29.8. The average molecular weight is 505 g/mol. The standard InChI is InChI=1S/C28H24FNO7/c1-4-37-28(34)17-8-5-9-19(13-17)30-24(16-7-6-10-20(14-16)35-2)23(26(32)27(30)33)25(31)21-15-18(29)11-12-22(21)36-3/h5-15,24,31H,4H2,1-3H3/b25-23+. The fraction of sp³-hybridized carbons (Fsp3) is 0.179. The number of hydrogen-bond acceptors (Lipinski definition) is 7. The van der Waals surface area contributed by atoms with Crippen molar-refractivity contribution in [1.29, 1.82) is 0 Å². The van der Waals surface area contributed by atoms with Crippen LogP contribution < -0.4 is 14.4 Å². The second-order valence-corrected chi connectivity index (χ2v) is 8.06. The molecule has 1 atom stereocenters. The molecule has 190 valence electrons. The average Bonchev–Trinajstić information content (AvgIpc) is 3.18. The molecule has 1 aliphatic heterocycles. The molecule has 0 spiro atoms. The predicted molar refractivity (Wildman–Crippen MR) is 133 cm³/mol. The van der Waals surface area contributed by atoms with Crippen molar-refractivity contribution < 1.29 is 38.1 Å². The Morgan fingerprint density at radius 2 is 1.76 bits per heavy atom. The van der Waals surface area contributed by atoms with Crippen molar-refractivity contribution in [2.75, 3.05) is 25.7 Å². The Kier molecular flexibility index (Phi) is 7.24. The summed E-state index contributed by atoms with van der Waals surface area (Å²) >= 11 is 0. The molecule has 1 aliphatic rings. The minimum absolute atomic E-state index is 0.0892. The van der Waals surface area contributed by atoms with Crippen molar-refractivity contribution in [2.45, 2.75) is 13.0 Å². The molecule has 4 rings (SSSR count). The molecule has 8 nitrogen and oxygen atoms in total. The number of hydrogen-bond donors (Lipinski definition) is 1. The van der Waals surface area contributed by atoms with E-state index in [0.717, 1.165) is 12.1 Å². The highest BCUT2D eigenvalue weighted by Gasteiger charge is 2.47. The van der Waals surface area contributed by atoms with Crippen molar-refractivity contribution in [3.8, 4) is 11.5 Å². The highest BCUT2D eigenvalue weighted by molar-refractivity contribution is 6.51. The monoisotopic (exact) mass is 505 g/mol. The molecule has 0 aliphatic carbocycles. The van der Waals surface area contributed by atoms with Crippen LogP contribution in [0.2, 0.25) is 0 Å². The van der Waals surface area contributed by atoms with Gasteiger partial charge in [-0.15, -0.1) is 0 Å². The Morgan fingerprint density at radius 1 is 1.00 bits per heavy atom. The van der Waals surface area contributed by atoms with Crippen molar-refractivity contribution in [2.24, 2.45) is 0 Å². The van der Waals surface area contributed by atoms with Crippen molar-refractivity contribution in [3.63, 3.8) is 0 Å². The maximum Gasteiger partial charge on any atom is 0.338 e. The van der Waals surface area contributed by atoms with Crippen LogP contribution >= 0.6 is 0 Å². The normalized spacial score (nSPS) is 16.5. The lowest BCUT2D eigenvalue weighted by Gasteiger charge is -2.26. The Bertz CT molecular complexity index is 1420. The van der Waals surface area contributed by atoms with Crippen LogP contribution in [0.5, 0.6) is 11.5 Å². The Morgan fingerprint density at radius 3 is 2.46 bits per heavy atom. The molecule has 0 radical (unpaired) electrons. The zero-order valence-electron chi connectivity index (χ0n) is 20.4. The lowest BCUT2D eigenvalue weighted by molar-refractivity contribution is -0.132. The molecule has 37 heavy (non-hydrogen) atoms. The maximum atomic E-state index is 14.1. The molecule has 3 aromatic rings. The summed E-state index contributed by atoms with van der Waals surface area (Å²) in [6.07, 6.45) is 0. The van der Waals surface area contributed by atoms with Crippen LogP contribution in [-0.2, 0) is 14.3 Å². The van der Waals surface area contributed by atoms with Crippen LogP contribution in [0.4, 0.5) is 10.1 Å². The van der Waals surface area contributed by atoms with E-state index in [9.17, 15) is 23.9 Å². The first-order chi connectivity index (χ1) is 17.8. The number of amides is 1. The first-order valence-electron chi connectivity index (χ1n) is 11.4. The molecule has 0 bridgehead atoms. The van der Waals surface area contributed by atoms with Gasteiger partial charge in [-0.05, 0) is 61.0 Å². The molecule has 3 aromatic carbocycles. The molecule has 1 saturated heterocycles. The third-order valence-electron chi connectivity index (χ3n) is 5.91. The van der Waals surface area contributed by atoms with Crippen LogP contribution in [0.3, 0.4) is 0 Å². The summed E-state index contributed by atoms with van der Waals surface area (Å²) in [5, 5.41) is 11.3. The summed E-state index contributed by atoms with van der Waals surface area (Å²) in [7, 11) is 2.81. The van der Waals surface area contributed by atoms with Gasteiger partial charge in [-0.2, -0.15) is 0 Å². The lowest BCUT2D eigenvalue weighted by Crippen LogP contribution is -2.29. The second-order valence-electron chi connectivity index (χ2n) is 8.06. The van der Waals surface area contributed by atoms with Crippen LogP contribution in [0.15, 0.2) is 72.3 Å². The molecule has 1 amide bonds. The summed E-state index contributed by atoms with van der Waals surface area (Å²) in [6.45, 7) is 1.83. The van der Waals surface area contributed by atoms with E-state index in [-0.39, 0.29) is 34.7 Å². The van der Waals surface area contributed by atoms with Gasteiger partial charge in [0.15, 0.2) is 0 Å². The number of benzene rings is 3. The molecular formula is C28H24FNO7. The van der Waals surface area contributed by atoms with E-state index < -0.39 is 35.3 Å². The summed E-state index contributed by atoms with van der Waals surface area (Å²) in [5.74, 6) is -3.24. The summed E-state index contributed by atoms with van der Waals surface area (Å²) in [5.41, 5.74) is 0.484. The summed E-state index contributed by atoms with van der Waals surface area (Å²) in [4.78, 5) is 40.3. The highest BCUT2D eigenvalue weighted by atomic mass is 19.1. The number of carbonyl (C=O) groups excluding carboxylic acids is 3. The van der Waals surface area contributed by atoms with E-state index in [4.69, 9.17) is 14.2 Å². The number of nitrogens with zero attached hydrogens (tertiary/aromatic N) is 1. The largest absolute Gasteiger partial charge is 0.507 e. The molecular weight excluding hydrogens is 481 g/mol. The number of aliphatic hydroxyl groups is 1. The number of ketones is 1. The third-order valence-corrected chi connectivity index (χ3v) is 5.91. The minimum atomic E-state index is -1.12. The fourth-order valence-corrected chi connectivity index (χ4v) is 4.23. The lowest BCUT2D eigenvalue weighted by atomic mass is 9.94. The van der Waals surface area contributed by atoms with Gasteiger partial charge in [0.2, 0.25) is 0 Å². The zero-order valence-corrected chi connectivity index (χ0v) is 20.4. The quantitative estimate of drug-likeness (QED) is 0.216. The van der Waals surface area contributed by atoms with E-state index in [1.165, 1.54) is 37.3 Å². The molecule has 1 heterocycles. The molecule has 0 saturated carbocycles. The van der Waals surface area contributed by atoms with Crippen LogP contribution in [0.1, 0.15) is 34.5 Å². The van der Waals surface area contributed by atoms with Crippen molar-refractivity contribution >= 4 is 29.1 Å². The smallest absolute Gasteiger partial charge is 0.338 e. The zero-order chi connectivity index (χ0) is 26.7. The molecule has 1 fully saturated rings. The first-order valence-corrected chi connectivity index (χ1v) is 11.4. The van der Waals surface area contributed by atoms with Gasteiger partial charge >= 0.3 is 5.97 Å². The van der Waals surface area contributed by atoms with Gasteiger partial charge < -0.3 is 19.3 Å². The molecule has 0 aromatic heterocycles. The van der Waals surface area contributed by atoms with Gasteiger partial charge in [0.1, 0.15) is 23.1 Å². The van der Waals surface area contributed by atoms with Gasteiger partial charge in [-0.25, -0.2) is 9.18 Å². The van der Waals surface area contributed by atoms with E-state index in [2.05, 4.69) is 0 Å². The van der Waals surface area contributed by atoms with Gasteiger partial charge in [-0.3, -0.25) is 14.5 Å². The number of ether oxygens (including phenoxy) is 3. The number of anilines is 1. The van der Waals surface area contributed by atoms with E-state index in [0.29, 0.717) is 11.3 Å². The maximum absolute atomic E-state index is 14.1. The van der Waals surface area contributed by atoms with E-state index in [1.807, 2.05) is 0 Å². The van der Waals surface area contributed by atoms with Crippen LogP contribution in [-0.4, -0.2) is 43.6 Å². The van der Waals surface area contributed by atoms with Gasteiger partial charge in [0.05, 0.1) is 43.6 Å². The van der Waals surface area contributed by atoms with Crippen molar-refractivity contribution in [3.05, 3.63) is 94.8 Å². The van der Waals surface area contributed by atoms with Gasteiger partial charge in [0.25, 0.3) is 11.7 Å². The van der Waals surface area contributed by atoms with E-state index >= 15 is 0 Å². The topological polar surface area (TPSA) is 102 Å². The SMILES string of the molecule is CCOC(=O)c1cccc(N2C(=O)C(=O)/C(=C(/O)c3cc(F)ccc3OC)C2c2cccc(OC)c2)c1. The van der Waals surface area contributed by atoms with Crippen molar-refractivity contribution in [1.82, 2.24) is 0 Å². The predicted octanol–water partition coefficient (Wildman–Crippen LogP) is 4.65. The highest BCUT2D eigenvalue weighted by Crippen LogP contribution is 2.44.